The first-order valence-corrected chi connectivity index (χ1v) is 6.29. The predicted molar refractivity (Wildman–Crippen MR) is 72.2 cm³/mol. The van der Waals surface area contributed by atoms with Crippen LogP contribution in [0.4, 0.5) is 5.69 Å². The predicted octanol–water partition coefficient (Wildman–Crippen LogP) is 2.58. The molecule has 0 aliphatic rings. The van der Waals surface area contributed by atoms with Crippen LogP contribution in [-0.2, 0) is 11.2 Å². The van der Waals surface area contributed by atoms with E-state index in [0.29, 0.717) is 0 Å². The Labute approximate surface area is 104 Å². The van der Waals surface area contributed by atoms with Crippen molar-refractivity contribution < 1.29 is 4.79 Å². The van der Waals surface area contributed by atoms with E-state index in [4.69, 9.17) is 0 Å². The van der Waals surface area contributed by atoms with Gasteiger partial charge in [-0.2, -0.15) is 0 Å². The van der Waals surface area contributed by atoms with Crippen molar-refractivity contribution in [3.63, 3.8) is 0 Å². The lowest BCUT2D eigenvalue weighted by atomic mass is 10.1. The van der Waals surface area contributed by atoms with Gasteiger partial charge >= 0.3 is 0 Å². The zero-order chi connectivity index (χ0) is 12.5. The summed E-state index contributed by atoms with van der Waals surface area (Å²) in [5.74, 6) is -0.0248. The van der Waals surface area contributed by atoms with E-state index in [1.807, 2.05) is 18.2 Å². The van der Waals surface area contributed by atoms with Gasteiger partial charge in [0.1, 0.15) is 0 Å². The summed E-state index contributed by atoms with van der Waals surface area (Å²) in [6.45, 7) is 5.79. The van der Waals surface area contributed by atoms with Crippen molar-refractivity contribution in [2.75, 3.05) is 18.4 Å². The highest BCUT2D eigenvalue weighted by Crippen LogP contribution is 2.10. The average molecular weight is 234 g/mol. The number of unbranched alkanes of at least 4 members (excludes halogenated alkanes) is 1. The fourth-order valence-corrected chi connectivity index (χ4v) is 1.67. The van der Waals surface area contributed by atoms with Crippen LogP contribution >= 0.6 is 0 Å². The lowest BCUT2D eigenvalue weighted by Crippen LogP contribution is -2.18. The standard InChI is InChI=1S/C14H22N2O/c1-3-4-9-15-10-8-13-6-5-7-14(11-13)16-12(2)17/h5-7,11,15H,3-4,8-10H2,1-2H3,(H,16,17). The second-order valence-corrected chi connectivity index (χ2v) is 4.24. The second kappa shape index (κ2) is 7.85. The maximum atomic E-state index is 10.9. The number of benzene rings is 1. The zero-order valence-electron chi connectivity index (χ0n) is 10.8. The van der Waals surface area contributed by atoms with Crippen molar-refractivity contribution in [1.82, 2.24) is 5.32 Å². The molecule has 0 spiro atoms. The third kappa shape index (κ3) is 6.07. The van der Waals surface area contributed by atoms with Crippen LogP contribution in [0.25, 0.3) is 0 Å². The molecule has 3 nitrogen and oxygen atoms in total. The van der Waals surface area contributed by atoms with Gasteiger partial charge in [0.2, 0.25) is 5.91 Å². The summed E-state index contributed by atoms with van der Waals surface area (Å²) in [5, 5.41) is 6.20. The van der Waals surface area contributed by atoms with Gasteiger partial charge in [-0.05, 0) is 43.6 Å². The first-order valence-electron chi connectivity index (χ1n) is 6.29. The number of amides is 1. The van der Waals surface area contributed by atoms with E-state index in [-0.39, 0.29) is 5.91 Å². The Kier molecular flexibility index (Phi) is 6.33. The van der Waals surface area contributed by atoms with Gasteiger partial charge in [0.25, 0.3) is 0 Å². The molecule has 1 aromatic carbocycles. The van der Waals surface area contributed by atoms with Gasteiger partial charge in [0, 0.05) is 12.6 Å². The summed E-state index contributed by atoms with van der Waals surface area (Å²) in [4.78, 5) is 10.9. The van der Waals surface area contributed by atoms with Crippen LogP contribution < -0.4 is 10.6 Å². The van der Waals surface area contributed by atoms with Gasteiger partial charge in [-0.3, -0.25) is 4.79 Å². The molecule has 3 heteroatoms. The molecule has 0 aromatic heterocycles. The van der Waals surface area contributed by atoms with Gasteiger partial charge in [0.05, 0.1) is 0 Å². The van der Waals surface area contributed by atoms with E-state index in [0.717, 1.165) is 25.2 Å². The molecule has 1 amide bonds. The molecular weight excluding hydrogens is 212 g/mol. The van der Waals surface area contributed by atoms with Crippen LogP contribution in [0, 0.1) is 0 Å². The molecule has 0 bridgehead atoms. The molecule has 2 N–H and O–H groups in total. The fraction of sp³-hybridized carbons (Fsp3) is 0.500. The third-order valence-corrected chi connectivity index (χ3v) is 2.54. The Morgan fingerprint density at radius 3 is 2.82 bits per heavy atom. The Morgan fingerprint density at radius 1 is 1.29 bits per heavy atom. The van der Waals surface area contributed by atoms with E-state index in [1.54, 1.807) is 0 Å². The van der Waals surface area contributed by atoms with E-state index in [2.05, 4.69) is 23.6 Å². The Morgan fingerprint density at radius 2 is 2.12 bits per heavy atom. The molecule has 0 radical (unpaired) electrons. The molecule has 1 aromatic rings. The van der Waals surface area contributed by atoms with Crippen LogP contribution in [0.1, 0.15) is 32.3 Å². The van der Waals surface area contributed by atoms with Crippen molar-refractivity contribution in [2.45, 2.75) is 33.1 Å². The Balaban J connectivity index is 2.35. The lowest BCUT2D eigenvalue weighted by Gasteiger charge is -2.06. The highest BCUT2D eigenvalue weighted by molar-refractivity contribution is 5.88. The monoisotopic (exact) mass is 234 g/mol. The minimum Gasteiger partial charge on any atom is -0.326 e. The number of rotatable bonds is 7. The Hall–Kier alpha value is -1.35. The lowest BCUT2D eigenvalue weighted by molar-refractivity contribution is -0.114. The maximum Gasteiger partial charge on any atom is 0.221 e. The largest absolute Gasteiger partial charge is 0.326 e. The van der Waals surface area contributed by atoms with Crippen LogP contribution in [0.5, 0.6) is 0 Å². The van der Waals surface area contributed by atoms with Gasteiger partial charge in [-0.15, -0.1) is 0 Å². The molecule has 94 valence electrons. The highest BCUT2D eigenvalue weighted by Gasteiger charge is 1.97. The Bertz CT molecular complexity index is 350. The summed E-state index contributed by atoms with van der Waals surface area (Å²) < 4.78 is 0. The SMILES string of the molecule is CCCCNCCc1cccc(NC(C)=O)c1. The number of anilines is 1. The second-order valence-electron chi connectivity index (χ2n) is 4.24. The average Bonchev–Trinajstić information content (AvgIpc) is 2.28. The van der Waals surface area contributed by atoms with Gasteiger partial charge in [-0.1, -0.05) is 25.5 Å². The summed E-state index contributed by atoms with van der Waals surface area (Å²) in [7, 11) is 0. The molecule has 0 unspecified atom stereocenters. The van der Waals surface area contributed by atoms with Crippen molar-refractivity contribution in [1.29, 1.82) is 0 Å². The summed E-state index contributed by atoms with van der Waals surface area (Å²) in [6.07, 6.45) is 3.45. The molecule has 1 rings (SSSR count). The minimum atomic E-state index is -0.0248. The number of carbonyl (C=O) groups excluding carboxylic acids is 1. The first kappa shape index (κ1) is 13.7. The summed E-state index contributed by atoms with van der Waals surface area (Å²) in [6, 6.07) is 8.01. The summed E-state index contributed by atoms with van der Waals surface area (Å²) >= 11 is 0. The topological polar surface area (TPSA) is 41.1 Å². The fourth-order valence-electron chi connectivity index (χ4n) is 1.67. The van der Waals surface area contributed by atoms with Crippen molar-refractivity contribution in [3.8, 4) is 0 Å². The molecule has 0 aliphatic heterocycles. The number of hydrogen-bond donors (Lipinski definition) is 2. The summed E-state index contributed by atoms with van der Waals surface area (Å²) in [5.41, 5.74) is 2.13. The van der Waals surface area contributed by atoms with E-state index >= 15 is 0 Å². The zero-order valence-corrected chi connectivity index (χ0v) is 10.8. The molecule has 0 aliphatic carbocycles. The van der Waals surface area contributed by atoms with Crippen molar-refractivity contribution >= 4 is 11.6 Å². The van der Waals surface area contributed by atoms with Gasteiger partial charge in [0.15, 0.2) is 0 Å². The van der Waals surface area contributed by atoms with E-state index in [1.165, 1.54) is 25.3 Å². The van der Waals surface area contributed by atoms with Gasteiger partial charge < -0.3 is 10.6 Å². The molecule has 0 fully saturated rings. The normalized spacial score (nSPS) is 10.2. The molecule has 17 heavy (non-hydrogen) atoms. The first-order chi connectivity index (χ1) is 8.22. The van der Waals surface area contributed by atoms with Gasteiger partial charge in [-0.25, -0.2) is 0 Å². The van der Waals surface area contributed by atoms with Crippen molar-refractivity contribution in [3.05, 3.63) is 29.8 Å². The quantitative estimate of drug-likeness (QED) is 0.712. The third-order valence-electron chi connectivity index (χ3n) is 2.54. The number of carbonyl (C=O) groups is 1. The van der Waals surface area contributed by atoms with Crippen LogP contribution in [0.3, 0.4) is 0 Å². The number of nitrogens with one attached hydrogen (secondary N) is 2. The highest BCUT2D eigenvalue weighted by atomic mass is 16.1. The van der Waals surface area contributed by atoms with Crippen LogP contribution in [0.15, 0.2) is 24.3 Å². The maximum absolute atomic E-state index is 10.9. The molecular formula is C14H22N2O. The van der Waals surface area contributed by atoms with Crippen LogP contribution in [-0.4, -0.2) is 19.0 Å². The number of hydrogen-bond acceptors (Lipinski definition) is 2. The molecule has 0 heterocycles. The van der Waals surface area contributed by atoms with Crippen LogP contribution in [0.2, 0.25) is 0 Å². The molecule has 0 saturated heterocycles. The van der Waals surface area contributed by atoms with E-state index in [9.17, 15) is 4.79 Å². The smallest absolute Gasteiger partial charge is 0.221 e. The minimum absolute atomic E-state index is 0.0248. The molecule has 0 saturated carbocycles. The van der Waals surface area contributed by atoms with Crippen molar-refractivity contribution in [2.24, 2.45) is 0 Å². The van der Waals surface area contributed by atoms with E-state index < -0.39 is 0 Å². The molecule has 0 atom stereocenters.